The van der Waals surface area contributed by atoms with Gasteiger partial charge in [0, 0.05) is 0 Å². The van der Waals surface area contributed by atoms with Crippen molar-refractivity contribution >= 4 is 5.76 Å². The summed E-state index contributed by atoms with van der Waals surface area (Å²) < 4.78 is 5.16. The van der Waals surface area contributed by atoms with Crippen LogP contribution in [0.5, 0.6) is 0 Å². The molecule has 1 aromatic rings. The Bertz CT molecular complexity index is 354. The van der Waals surface area contributed by atoms with Crippen molar-refractivity contribution in [2.24, 2.45) is 0 Å². The molecule has 4 heteroatoms. The molecule has 0 aliphatic heterocycles. The zero-order chi connectivity index (χ0) is 9.68. The molecule has 13 heavy (non-hydrogen) atoms. The second-order valence-corrected chi connectivity index (χ2v) is 2.26. The van der Waals surface area contributed by atoms with E-state index in [-0.39, 0.29) is 5.69 Å². The molecule has 0 unspecified atom stereocenters. The van der Waals surface area contributed by atoms with Crippen LogP contribution in [0.25, 0.3) is 5.76 Å². The first-order chi connectivity index (χ1) is 6.29. The number of nitrogens with zero attached hydrogens (tertiary/aromatic N) is 3. The summed E-state index contributed by atoms with van der Waals surface area (Å²) in [6.07, 6.45) is 1.50. The minimum absolute atomic E-state index is 0.237. The molecule has 0 spiro atoms. The van der Waals surface area contributed by atoms with E-state index in [4.69, 9.17) is 10.00 Å². The van der Waals surface area contributed by atoms with E-state index >= 15 is 0 Å². The Kier molecular flexibility index (Phi) is 2.98. The Morgan fingerprint density at radius 1 is 1.77 bits per heavy atom. The van der Waals surface area contributed by atoms with Gasteiger partial charge in [-0.1, -0.05) is 6.58 Å². The van der Waals surface area contributed by atoms with Crippen molar-refractivity contribution in [2.45, 2.75) is 6.92 Å². The van der Waals surface area contributed by atoms with Crippen LogP contribution in [0.3, 0.4) is 0 Å². The van der Waals surface area contributed by atoms with Crippen LogP contribution in [0.4, 0.5) is 0 Å². The molecule has 1 rings (SSSR count). The molecule has 0 aliphatic rings. The highest BCUT2D eigenvalue weighted by Gasteiger charge is 2.06. The van der Waals surface area contributed by atoms with Crippen LogP contribution in [0, 0.1) is 11.3 Å². The Labute approximate surface area is 76.5 Å². The van der Waals surface area contributed by atoms with Crippen LogP contribution in [0.15, 0.2) is 18.8 Å². The molecule has 1 heterocycles. The minimum atomic E-state index is 0.237. The molecule has 0 amide bonds. The molecule has 0 saturated heterocycles. The molecule has 0 aromatic carbocycles. The zero-order valence-corrected chi connectivity index (χ0v) is 7.32. The fourth-order valence-corrected chi connectivity index (χ4v) is 0.891. The standard InChI is InChI=1S/C9H9N3O/c1-3-13-7(2)8-4-5-11-12-9(8)6-10/h4-5H,2-3H2,1H3. The van der Waals surface area contributed by atoms with Crippen molar-refractivity contribution in [3.63, 3.8) is 0 Å². The van der Waals surface area contributed by atoms with Crippen LogP contribution in [-0.4, -0.2) is 16.8 Å². The summed E-state index contributed by atoms with van der Waals surface area (Å²) in [5, 5.41) is 15.9. The Morgan fingerprint density at radius 3 is 3.15 bits per heavy atom. The van der Waals surface area contributed by atoms with E-state index < -0.39 is 0 Å². The number of hydrogen-bond acceptors (Lipinski definition) is 4. The molecule has 1 aromatic heterocycles. The van der Waals surface area contributed by atoms with E-state index in [0.29, 0.717) is 17.9 Å². The van der Waals surface area contributed by atoms with Crippen LogP contribution in [0.2, 0.25) is 0 Å². The number of nitriles is 1. The van der Waals surface area contributed by atoms with Gasteiger partial charge in [0.05, 0.1) is 18.4 Å². The van der Waals surface area contributed by atoms with Gasteiger partial charge in [-0.05, 0) is 13.0 Å². The largest absolute Gasteiger partial charge is 0.494 e. The topological polar surface area (TPSA) is 58.8 Å². The van der Waals surface area contributed by atoms with E-state index in [1.807, 2.05) is 13.0 Å². The molecular weight excluding hydrogens is 166 g/mol. The average Bonchev–Trinajstić information content (AvgIpc) is 2.18. The molecule has 66 valence electrons. The van der Waals surface area contributed by atoms with E-state index in [1.54, 1.807) is 6.07 Å². The molecule has 0 saturated carbocycles. The summed E-state index contributed by atoms with van der Waals surface area (Å²) in [7, 11) is 0. The van der Waals surface area contributed by atoms with Gasteiger partial charge in [-0.3, -0.25) is 0 Å². The fourth-order valence-electron chi connectivity index (χ4n) is 0.891. The van der Waals surface area contributed by atoms with Crippen molar-refractivity contribution in [3.8, 4) is 6.07 Å². The monoisotopic (exact) mass is 175 g/mol. The summed E-state index contributed by atoms with van der Waals surface area (Å²) in [6, 6.07) is 3.58. The molecule has 0 radical (unpaired) electrons. The SMILES string of the molecule is C=C(OCC)c1ccnnc1C#N. The third-order valence-electron chi connectivity index (χ3n) is 1.45. The van der Waals surface area contributed by atoms with E-state index in [0.717, 1.165) is 0 Å². The summed E-state index contributed by atoms with van der Waals surface area (Å²) in [5.74, 6) is 0.453. The van der Waals surface area contributed by atoms with Gasteiger partial charge in [0.25, 0.3) is 0 Å². The maximum absolute atomic E-state index is 8.69. The summed E-state index contributed by atoms with van der Waals surface area (Å²) >= 11 is 0. The molecule has 0 N–H and O–H groups in total. The number of rotatable bonds is 3. The van der Waals surface area contributed by atoms with Gasteiger partial charge < -0.3 is 4.74 Å². The zero-order valence-electron chi connectivity index (χ0n) is 7.32. The number of aromatic nitrogens is 2. The quantitative estimate of drug-likeness (QED) is 0.651. The summed E-state index contributed by atoms with van der Waals surface area (Å²) in [5.41, 5.74) is 0.834. The van der Waals surface area contributed by atoms with E-state index in [1.165, 1.54) is 6.20 Å². The minimum Gasteiger partial charge on any atom is -0.494 e. The first-order valence-corrected chi connectivity index (χ1v) is 3.83. The van der Waals surface area contributed by atoms with Gasteiger partial charge in [0.2, 0.25) is 0 Å². The van der Waals surface area contributed by atoms with Gasteiger partial charge in [-0.15, -0.1) is 5.10 Å². The molecular formula is C9H9N3O. The first kappa shape index (κ1) is 9.20. The molecule has 0 aliphatic carbocycles. The highest BCUT2D eigenvalue weighted by Crippen LogP contribution is 2.14. The van der Waals surface area contributed by atoms with Gasteiger partial charge in [0.1, 0.15) is 11.8 Å². The Hall–Kier alpha value is -1.89. The van der Waals surface area contributed by atoms with E-state index in [9.17, 15) is 0 Å². The maximum Gasteiger partial charge on any atom is 0.174 e. The second kappa shape index (κ2) is 4.21. The van der Waals surface area contributed by atoms with Gasteiger partial charge >= 0.3 is 0 Å². The molecule has 4 nitrogen and oxygen atoms in total. The highest BCUT2D eigenvalue weighted by atomic mass is 16.5. The Morgan fingerprint density at radius 2 is 2.54 bits per heavy atom. The van der Waals surface area contributed by atoms with Crippen LogP contribution in [0.1, 0.15) is 18.2 Å². The first-order valence-electron chi connectivity index (χ1n) is 3.83. The molecule has 0 fully saturated rings. The van der Waals surface area contributed by atoms with E-state index in [2.05, 4.69) is 16.8 Å². The van der Waals surface area contributed by atoms with Crippen LogP contribution >= 0.6 is 0 Å². The third kappa shape index (κ3) is 2.03. The lowest BCUT2D eigenvalue weighted by molar-refractivity contribution is 0.299. The van der Waals surface area contributed by atoms with Crippen molar-refractivity contribution in [2.75, 3.05) is 6.61 Å². The Balaban J connectivity index is 3.01. The summed E-state index contributed by atoms with van der Waals surface area (Å²) in [6.45, 7) is 6.06. The normalized spacial score (nSPS) is 8.92. The highest BCUT2D eigenvalue weighted by molar-refractivity contribution is 5.61. The lowest BCUT2D eigenvalue weighted by atomic mass is 10.2. The summed E-state index contributed by atoms with van der Waals surface area (Å²) in [4.78, 5) is 0. The maximum atomic E-state index is 8.69. The van der Waals surface area contributed by atoms with Gasteiger partial charge in [0.15, 0.2) is 5.69 Å². The predicted octanol–water partition coefficient (Wildman–Crippen LogP) is 1.36. The van der Waals surface area contributed by atoms with Gasteiger partial charge in [-0.25, -0.2) is 0 Å². The smallest absolute Gasteiger partial charge is 0.174 e. The lowest BCUT2D eigenvalue weighted by Gasteiger charge is -2.06. The van der Waals surface area contributed by atoms with Crippen LogP contribution in [-0.2, 0) is 4.74 Å². The third-order valence-corrected chi connectivity index (χ3v) is 1.45. The van der Waals surface area contributed by atoms with Crippen LogP contribution < -0.4 is 0 Å². The molecule has 0 bridgehead atoms. The predicted molar refractivity (Wildman–Crippen MR) is 47.4 cm³/mol. The van der Waals surface area contributed by atoms with Crippen molar-refractivity contribution < 1.29 is 4.74 Å². The lowest BCUT2D eigenvalue weighted by Crippen LogP contribution is -1.97. The average molecular weight is 175 g/mol. The van der Waals surface area contributed by atoms with Crippen molar-refractivity contribution in [3.05, 3.63) is 30.1 Å². The second-order valence-electron chi connectivity index (χ2n) is 2.26. The number of hydrogen-bond donors (Lipinski definition) is 0. The van der Waals surface area contributed by atoms with Gasteiger partial charge in [-0.2, -0.15) is 10.4 Å². The molecule has 0 atom stereocenters. The fraction of sp³-hybridized carbons (Fsp3) is 0.222. The number of ether oxygens (including phenoxy) is 1. The van der Waals surface area contributed by atoms with Crippen molar-refractivity contribution in [1.29, 1.82) is 5.26 Å². The van der Waals surface area contributed by atoms with Crippen molar-refractivity contribution in [1.82, 2.24) is 10.2 Å².